The van der Waals surface area contributed by atoms with Crippen LogP contribution >= 0.6 is 0 Å². The van der Waals surface area contributed by atoms with Crippen LogP contribution in [0.3, 0.4) is 0 Å². The van der Waals surface area contributed by atoms with Gasteiger partial charge in [0.05, 0.1) is 7.11 Å². The van der Waals surface area contributed by atoms with Crippen molar-refractivity contribution in [1.82, 2.24) is 0 Å². The highest BCUT2D eigenvalue weighted by molar-refractivity contribution is 5.51. The van der Waals surface area contributed by atoms with Gasteiger partial charge in [-0.25, -0.2) is 0 Å². The minimum atomic E-state index is -0.106. The summed E-state index contributed by atoms with van der Waals surface area (Å²) in [6.45, 7) is 6.44. The molecular weight excluding hydrogens is 210 g/mol. The number of hydrogen-bond acceptors (Lipinski definition) is 2. The molecule has 0 bridgehead atoms. The van der Waals surface area contributed by atoms with Crippen molar-refractivity contribution in [2.45, 2.75) is 52.0 Å². The van der Waals surface area contributed by atoms with E-state index in [1.165, 1.54) is 35.1 Å². The standard InChI is InChI=1S/C15H23NO/c1-10-9-13(17-4)11(2)12(3)14(10)15(16)7-5-6-8-15/h9H,5-8,16H2,1-4H3. The number of rotatable bonds is 2. The Bertz CT molecular complexity index is 431. The SMILES string of the molecule is COc1cc(C)c(C2(N)CCCC2)c(C)c1C. The summed E-state index contributed by atoms with van der Waals surface area (Å²) in [6, 6.07) is 2.13. The molecule has 2 nitrogen and oxygen atoms in total. The maximum Gasteiger partial charge on any atom is 0.122 e. The van der Waals surface area contributed by atoms with Crippen molar-refractivity contribution in [3.63, 3.8) is 0 Å². The second-order valence-electron chi connectivity index (χ2n) is 5.38. The number of hydrogen-bond donors (Lipinski definition) is 1. The van der Waals surface area contributed by atoms with Gasteiger partial charge < -0.3 is 10.5 Å². The van der Waals surface area contributed by atoms with Gasteiger partial charge in [-0.05, 0) is 61.9 Å². The van der Waals surface area contributed by atoms with Gasteiger partial charge in [0.2, 0.25) is 0 Å². The zero-order valence-corrected chi connectivity index (χ0v) is 11.4. The second kappa shape index (κ2) is 4.34. The maximum atomic E-state index is 6.60. The lowest BCUT2D eigenvalue weighted by atomic mass is 9.81. The van der Waals surface area contributed by atoms with E-state index in [4.69, 9.17) is 10.5 Å². The van der Waals surface area contributed by atoms with E-state index in [9.17, 15) is 0 Å². The Balaban J connectivity index is 2.58. The fourth-order valence-electron chi connectivity index (χ4n) is 3.28. The number of aryl methyl sites for hydroxylation is 1. The Morgan fingerprint density at radius 1 is 1.12 bits per heavy atom. The van der Waals surface area contributed by atoms with Gasteiger partial charge in [0.15, 0.2) is 0 Å². The monoisotopic (exact) mass is 233 g/mol. The molecule has 17 heavy (non-hydrogen) atoms. The lowest BCUT2D eigenvalue weighted by Crippen LogP contribution is -2.35. The van der Waals surface area contributed by atoms with Crippen LogP contribution in [0, 0.1) is 20.8 Å². The number of ether oxygens (including phenoxy) is 1. The summed E-state index contributed by atoms with van der Waals surface area (Å²) < 4.78 is 5.42. The molecule has 0 aliphatic heterocycles. The summed E-state index contributed by atoms with van der Waals surface area (Å²) in [5.74, 6) is 0.977. The summed E-state index contributed by atoms with van der Waals surface area (Å²) >= 11 is 0. The summed E-state index contributed by atoms with van der Waals surface area (Å²) in [7, 11) is 1.73. The van der Waals surface area contributed by atoms with E-state index in [0.29, 0.717) is 0 Å². The molecule has 0 spiro atoms. The van der Waals surface area contributed by atoms with Crippen LogP contribution in [0.1, 0.15) is 47.9 Å². The molecule has 2 N–H and O–H groups in total. The first-order chi connectivity index (χ1) is 7.99. The fraction of sp³-hybridized carbons (Fsp3) is 0.600. The molecule has 1 aromatic rings. The minimum absolute atomic E-state index is 0.106. The Hall–Kier alpha value is -1.02. The van der Waals surface area contributed by atoms with Crippen LogP contribution in [-0.4, -0.2) is 7.11 Å². The van der Waals surface area contributed by atoms with E-state index in [1.807, 2.05) is 0 Å². The third-order valence-electron chi connectivity index (χ3n) is 4.26. The Kier molecular flexibility index (Phi) is 3.17. The molecule has 1 saturated carbocycles. The van der Waals surface area contributed by atoms with Crippen molar-refractivity contribution >= 4 is 0 Å². The first-order valence-electron chi connectivity index (χ1n) is 6.44. The third kappa shape index (κ3) is 1.95. The summed E-state index contributed by atoms with van der Waals surface area (Å²) in [5, 5.41) is 0. The lowest BCUT2D eigenvalue weighted by Gasteiger charge is -2.30. The quantitative estimate of drug-likeness (QED) is 0.850. The van der Waals surface area contributed by atoms with Crippen LogP contribution in [-0.2, 0) is 5.54 Å². The van der Waals surface area contributed by atoms with Gasteiger partial charge in [-0.2, -0.15) is 0 Å². The fourth-order valence-corrected chi connectivity index (χ4v) is 3.28. The molecule has 0 aromatic heterocycles. The normalized spacial score (nSPS) is 18.4. The Morgan fingerprint density at radius 2 is 1.71 bits per heavy atom. The predicted octanol–water partition coefficient (Wildman–Crippen LogP) is 3.35. The molecule has 2 heteroatoms. The average molecular weight is 233 g/mol. The molecule has 0 amide bonds. The molecule has 0 radical (unpaired) electrons. The number of benzene rings is 1. The molecule has 1 aliphatic carbocycles. The molecule has 0 atom stereocenters. The van der Waals surface area contributed by atoms with Crippen LogP contribution in [0.4, 0.5) is 0 Å². The molecule has 94 valence electrons. The first-order valence-corrected chi connectivity index (χ1v) is 6.44. The summed E-state index contributed by atoms with van der Waals surface area (Å²) in [5.41, 5.74) is 11.7. The highest BCUT2D eigenvalue weighted by Crippen LogP contribution is 2.41. The molecule has 0 saturated heterocycles. The molecular formula is C15H23NO. The molecule has 2 rings (SSSR count). The second-order valence-corrected chi connectivity index (χ2v) is 5.38. The van der Waals surface area contributed by atoms with Crippen LogP contribution in [0.15, 0.2) is 6.07 Å². The van der Waals surface area contributed by atoms with Crippen LogP contribution in [0.2, 0.25) is 0 Å². The number of nitrogens with two attached hydrogens (primary N) is 1. The average Bonchev–Trinajstić information content (AvgIpc) is 2.71. The molecule has 0 unspecified atom stereocenters. The van der Waals surface area contributed by atoms with E-state index in [-0.39, 0.29) is 5.54 Å². The van der Waals surface area contributed by atoms with Gasteiger partial charge in [0, 0.05) is 5.54 Å². The van der Waals surface area contributed by atoms with Gasteiger partial charge in [-0.15, -0.1) is 0 Å². The van der Waals surface area contributed by atoms with Gasteiger partial charge >= 0.3 is 0 Å². The van der Waals surface area contributed by atoms with Gasteiger partial charge in [-0.3, -0.25) is 0 Å². The van der Waals surface area contributed by atoms with Crippen LogP contribution < -0.4 is 10.5 Å². The highest BCUT2D eigenvalue weighted by Gasteiger charge is 2.34. The van der Waals surface area contributed by atoms with Gasteiger partial charge in [0.25, 0.3) is 0 Å². The summed E-state index contributed by atoms with van der Waals surface area (Å²) in [6.07, 6.45) is 4.72. The maximum absolute atomic E-state index is 6.60. The number of methoxy groups -OCH3 is 1. The van der Waals surface area contributed by atoms with Gasteiger partial charge in [-0.1, -0.05) is 12.8 Å². The van der Waals surface area contributed by atoms with Crippen molar-refractivity contribution in [3.05, 3.63) is 28.3 Å². The highest BCUT2D eigenvalue weighted by atomic mass is 16.5. The Labute approximate surface area is 104 Å². The van der Waals surface area contributed by atoms with Crippen molar-refractivity contribution in [2.24, 2.45) is 5.73 Å². The predicted molar refractivity (Wildman–Crippen MR) is 71.5 cm³/mol. The van der Waals surface area contributed by atoms with E-state index >= 15 is 0 Å². The van der Waals surface area contributed by atoms with Crippen molar-refractivity contribution in [2.75, 3.05) is 7.11 Å². The van der Waals surface area contributed by atoms with E-state index in [1.54, 1.807) is 7.11 Å². The molecule has 1 aromatic carbocycles. The van der Waals surface area contributed by atoms with Crippen molar-refractivity contribution < 1.29 is 4.74 Å². The van der Waals surface area contributed by atoms with Gasteiger partial charge in [0.1, 0.15) is 5.75 Å². The third-order valence-corrected chi connectivity index (χ3v) is 4.26. The molecule has 1 aliphatic rings. The van der Waals surface area contributed by atoms with Crippen LogP contribution in [0.25, 0.3) is 0 Å². The first kappa shape index (κ1) is 12.4. The molecule has 1 fully saturated rings. The topological polar surface area (TPSA) is 35.2 Å². The molecule has 0 heterocycles. The van der Waals surface area contributed by atoms with E-state index < -0.39 is 0 Å². The Morgan fingerprint density at radius 3 is 2.24 bits per heavy atom. The van der Waals surface area contributed by atoms with E-state index in [2.05, 4.69) is 26.8 Å². The lowest BCUT2D eigenvalue weighted by molar-refractivity contribution is 0.407. The van der Waals surface area contributed by atoms with E-state index in [0.717, 1.165) is 18.6 Å². The zero-order valence-electron chi connectivity index (χ0n) is 11.4. The smallest absolute Gasteiger partial charge is 0.122 e. The van der Waals surface area contributed by atoms with Crippen molar-refractivity contribution in [3.8, 4) is 5.75 Å². The van der Waals surface area contributed by atoms with Crippen LogP contribution in [0.5, 0.6) is 5.75 Å². The van der Waals surface area contributed by atoms with Crippen molar-refractivity contribution in [1.29, 1.82) is 0 Å². The minimum Gasteiger partial charge on any atom is -0.496 e. The largest absolute Gasteiger partial charge is 0.496 e. The zero-order chi connectivity index (χ0) is 12.6. The summed E-state index contributed by atoms with van der Waals surface area (Å²) in [4.78, 5) is 0.